The summed E-state index contributed by atoms with van der Waals surface area (Å²) in [6, 6.07) is 0. The Bertz CT molecular complexity index is 841. The number of halogens is 3. The quantitative estimate of drug-likeness (QED) is 0.128. The van der Waals surface area contributed by atoms with Crippen molar-refractivity contribution in [3.05, 3.63) is 0 Å². The first-order valence-electron chi connectivity index (χ1n) is 9.34. The first-order valence-corrected chi connectivity index (χ1v) is 9.34. The third-order valence-electron chi connectivity index (χ3n) is 3.76. The summed E-state index contributed by atoms with van der Waals surface area (Å²) < 4.78 is 0. The van der Waals surface area contributed by atoms with Crippen LogP contribution in [0.3, 0.4) is 0 Å². The predicted octanol–water partition coefficient (Wildman–Crippen LogP) is -24.8. The van der Waals surface area contributed by atoms with Crippen molar-refractivity contribution in [3.8, 4) is 0 Å². The molecule has 0 aromatic carbocycles. The Balaban J connectivity index is -0.0000000491. The van der Waals surface area contributed by atoms with Gasteiger partial charge in [0.05, 0.1) is 17.9 Å². The van der Waals surface area contributed by atoms with Crippen LogP contribution in [0.1, 0.15) is 38.5 Å². The van der Waals surface area contributed by atoms with E-state index in [1.54, 1.807) is 0 Å². The predicted molar refractivity (Wildman–Crippen MR) is 87.6 cm³/mol. The molecule has 0 unspecified atom stereocenters. The van der Waals surface area contributed by atoms with Crippen LogP contribution < -0.4 is 83.2 Å². The van der Waals surface area contributed by atoms with Crippen LogP contribution >= 0.6 is 0 Å². The van der Waals surface area contributed by atoms with Crippen molar-refractivity contribution < 1.29 is 210 Å². The molecule has 4 radical (unpaired) electrons. The molecular formula is C18H15Cl3Fe4O21. The molecule has 0 aliphatic heterocycles. The van der Waals surface area contributed by atoms with E-state index in [0.717, 1.165) is 0 Å². The normalized spacial score (nSPS) is 9.20. The maximum Gasteiger partial charge on any atom is 3.00 e. The summed E-state index contributed by atoms with van der Waals surface area (Å²) >= 11 is 0. The number of aliphatic hydroxyl groups is 3. The van der Waals surface area contributed by atoms with Crippen molar-refractivity contribution in [2.75, 3.05) is 0 Å². The van der Waals surface area contributed by atoms with Gasteiger partial charge in [0.25, 0.3) is 0 Å². The van der Waals surface area contributed by atoms with Crippen molar-refractivity contribution in [2.45, 2.75) is 55.3 Å². The van der Waals surface area contributed by atoms with Gasteiger partial charge in [0, 0.05) is 74.3 Å². The van der Waals surface area contributed by atoms with E-state index in [1.165, 1.54) is 0 Å². The zero-order valence-corrected chi connectivity index (χ0v) is 28.2. The summed E-state index contributed by atoms with van der Waals surface area (Å²) in [7, 11) is 0. The Morgan fingerprint density at radius 1 is 0.326 bits per heavy atom. The number of carboxylic acid groups (broad SMARTS) is 9. The summed E-state index contributed by atoms with van der Waals surface area (Å²) in [5.74, 6) is -18.0. The average Bonchev–Trinajstić information content (AvgIpc) is 2.64. The number of carbonyl (C=O) groups excluding carboxylic acids is 9. The van der Waals surface area contributed by atoms with Crippen molar-refractivity contribution in [1.82, 2.24) is 0 Å². The average molecular weight is 897 g/mol. The molecular weight excluding hydrogens is 882 g/mol. The first kappa shape index (κ1) is 70.4. The van der Waals surface area contributed by atoms with Crippen LogP contribution in [-0.2, 0) is 111 Å². The molecule has 0 amide bonds. The minimum Gasteiger partial charge on any atom is -1.00 e. The van der Waals surface area contributed by atoms with Crippen molar-refractivity contribution in [2.24, 2.45) is 0 Å². The minimum atomic E-state index is -2.97. The molecule has 0 aromatic heterocycles. The molecule has 28 heteroatoms. The second-order valence-corrected chi connectivity index (χ2v) is 7.25. The van der Waals surface area contributed by atoms with Gasteiger partial charge < -0.3 is 142 Å². The van der Waals surface area contributed by atoms with Crippen molar-refractivity contribution >= 4 is 53.7 Å². The van der Waals surface area contributed by atoms with Crippen LogP contribution in [0, 0.1) is 0 Å². The van der Waals surface area contributed by atoms with E-state index >= 15 is 0 Å². The number of rotatable bonds is 15. The van der Waals surface area contributed by atoms with Crippen LogP contribution in [0.4, 0.5) is 0 Å². The number of carbonyl (C=O) groups is 9. The van der Waals surface area contributed by atoms with Gasteiger partial charge in [0.1, 0.15) is 16.8 Å². The molecule has 3 N–H and O–H groups in total. The van der Waals surface area contributed by atoms with E-state index in [4.69, 9.17) is 15.3 Å². The Labute approximate surface area is 317 Å². The van der Waals surface area contributed by atoms with E-state index in [-0.39, 0.29) is 105 Å². The number of hydrogen-bond donors (Lipinski definition) is 3. The van der Waals surface area contributed by atoms with E-state index in [9.17, 15) is 89.1 Å². The van der Waals surface area contributed by atoms with E-state index in [0.29, 0.717) is 0 Å². The molecule has 0 aliphatic carbocycles. The van der Waals surface area contributed by atoms with Crippen LogP contribution in [0.2, 0.25) is 0 Å². The van der Waals surface area contributed by atoms with Crippen LogP contribution in [0.25, 0.3) is 0 Å². The Morgan fingerprint density at radius 2 is 0.413 bits per heavy atom. The molecule has 0 bridgehead atoms. The van der Waals surface area contributed by atoms with Crippen LogP contribution in [0.5, 0.6) is 0 Å². The van der Waals surface area contributed by atoms with Gasteiger partial charge in [-0.15, -0.1) is 0 Å². The third kappa shape index (κ3) is 33.4. The zero-order valence-electron chi connectivity index (χ0n) is 21.5. The van der Waals surface area contributed by atoms with E-state index in [2.05, 4.69) is 0 Å². The molecule has 0 heterocycles. The summed E-state index contributed by atoms with van der Waals surface area (Å²) in [6.07, 6.45) is -8.15. The maximum atomic E-state index is 10.1. The monoisotopic (exact) mass is 896 g/mol. The molecule has 0 saturated heterocycles. The smallest absolute Gasteiger partial charge is 1.00 e. The van der Waals surface area contributed by atoms with Crippen LogP contribution in [-0.4, -0.2) is 85.8 Å². The molecule has 0 fully saturated rings. The van der Waals surface area contributed by atoms with Gasteiger partial charge in [-0.2, -0.15) is 0 Å². The Hall–Kier alpha value is -1.94. The third-order valence-corrected chi connectivity index (χ3v) is 3.76. The minimum absolute atomic E-state index is 0. The number of hydrogen-bond acceptors (Lipinski definition) is 21. The molecule has 0 saturated carbocycles. The fraction of sp³-hybridized carbons (Fsp3) is 0.500. The van der Waals surface area contributed by atoms with Gasteiger partial charge in [-0.1, -0.05) is 0 Å². The molecule has 46 heavy (non-hydrogen) atoms. The van der Waals surface area contributed by atoms with Crippen LogP contribution in [0.15, 0.2) is 0 Å². The molecule has 21 nitrogen and oxygen atoms in total. The fourth-order valence-corrected chi connectivity index (χ4v) is 2.05. The van der Waals surface area contributed by atoms with Crippen molar-refractivity contribution in [3.63, 3.8) is 0 Å². The van der Waals surface area contributed by atoms with Gasteiger partial charge in [0.2, 0.25) is 0 Å². The van der Waals surface area contributed by atoms with Gasteiger partial charge in [-0.25, -0.2) is 0 Å². The molecule has 0 aromatic rings. The van der Waals surface area contributed by atoms with Gasteiger partial charge in [0.15, 0.2) is 0 Å². The van der Waals surface area contributed by atoms with E-state index in [1.807, 2.05) is 0 Å². The fourth-order valence-electron chi connectivity index (χ4n) is 2.05. The first-order chi connectivity index (χ1) is 17.3. The summed E-state index contributed by atoms with van der Waals surface area (Å²) in [5.41, 5.74) is -8.92. The standard InChI is InChI=1S/3C6H8O7.3ClH.4Fe/c3*7-3(8)1-6(13,5(11)12)2-4(9)10;;;;;;;/h3*13H,1-2H2,(H,7,8)(H,9,10)(H,11,12);3*1H;;;;/q;;;;;;4*+3/p-12. The second kappa shape index (κ2) is 31.6. The molecule has 0 rings (SSSR count). The number of carboxylic acids is 9. The maximum absolute atomic E-state index is 10.1. The molecule has 0 atom stereocenters. The molecule has 266 valence electrons. The topological polar surface area (TPSA) is 422 Å². The molecule has 0 aliphatic rings. The zero-order chi connectivity index (χ0) is 31.9. The Morgan fingerprint density at radius 3 is 0.457 bits per heavy atom. The summed E-state index contributed by atoms with van der Waals surface area (Å²) in [5, 5.41) is 117. The number of aliphatic carboxylic acids is 9. The summed E-state index contributed by atoms with van der Waals surface area (Å²) in [4.78, 5) is 90.0. The Kier molecular flexibility index (Phi) is 48.4. The molecule has 0 spiro atoms. The summed E-state index contributed by atoms with van der Waals surface area (Å²) in [6.45, 7) is 0. The van der Waals surface area contributed by atoms with Gasteiger partial charge in [-0.3, -0.25) is 0 Å². The largest absolute Gasteiger partial charge is 3.00 e. The SMILES string of the molecule is O=C([O-])CC(O)(CC(=O)[O-])C(=O)[O-].O=C([O-])CC(O)(CC(=O)[O-])C(=O)[O-].O=C([O-])CC(O)(CC(=O)[O-])C(=O)[O-].[Cl-].[Cl-].[Cl-].[Fe+3].[Fe+3].[Fe+3].[Fe+3]. The van der Waals surface area contributed by atoms with Gasteiger partial charge in [-0.05, 0) is 0 Å². The second-order valence-electron chi connectivity index (χ2n) is 7.25. The van der Waals surface area contributed by atoms with Gasteiger partial charge >= 0.3 is 68.3 Å². The van der Waals surface area contributed by atoms with E-state index < -0.39 is 109 Å². The van der Waals surface area contributed by atoms with Crippen molar-refractivity contribution in [1.29, 1.82) is 0 Å².